The Morgan fingerprint density at radius 3 is 2.26 bits per heavy atom. The number of imide groups is 1. The van der Waals surface area contributed by atoms with Gasteiger partial charge in [0.2, 0.25) is 0 Å². The van der Waals surface area contributed by atoms with Gasteiger partial charge in [-0.05, 0) is 56.8 Å². The van der Waals surface area contributed by atoms with Crippen LogP contribution in [0.15, 0.2) is 48.5 Å². The fourth-order valence-electron chi connectivity index (χ4n) is 3.57. The molecule has 0 saturated carbocycles. The lowest BCUT2D eigenvalue weighted by molar-refractivity contribution is 0.0647. The molecule has 2 amide bonds. The van der Waals surface area contributed by atoms with Gasteiger partial charge in [0.15, 0.2) is 0 Å². The van der Waals surface area contributed by atoms with E-state index in [-0.39, 0.29) is 11.8 Å². The number of amides is 2. The lowest BCUT2D eigenvalue weighted by Crippen LogP contribution is -2.31. The highest BCUT2D eigenvalue weighted by molar-refractivity contribution is 6.21. The molecule has 5 heteroatoms. The zero-order valence-electron chi connectivity index (χ0n) is 16.1. The maximum atomic E-state index is 12.3. The molecule has 0 fully saturated rings. The normalized spacial score (nSPS) is 14.6. The Balaban J connectivity index is 1.54. The maximum Gasteiger partial charge on any atom is 0.261 e. The standard InChI is InChI=1S/C22H26N2O3/c1-4-20(23(2)3)16-9-7-10-17(15-16)27-14-8-13-24-21(25)18-11-5-6-12-19(18)22(24)26/h5-7,9-12,15,20H,4,8,13-14H2,1-3H3. The highest BCUT2D eigenvalue weighted by atomic mass is 16.5. The van der Waals surface area contributed by atoms with Crippen molar-refractivity contribution in [3.63, 3.8) is 0 Å². The number of nitrogens with zero attached hydrogens (tertiary/aromatic N) is 2. The Morgan fingerprint density at radius 1 is 1.00 bits per heavy atom. The molecule has 1 heterocycles. The van der Waals surface area contributed by atoms with Crippen molar-refractivity contribution in [1.82, 2.24) is 9.80 Å². The number of hydrogen-bond acceptors (Lipinski definition) is 4. The van der Waals surface area contributed by atoms with E-state index < -0.39 is 0 Å². The van der Waals surface area contributed by atoms with Crippen molar-refractivity contribution in [1.29, 1.82) is 0 Å². The number of carbonyl (C=O) groups excluding carboxylic acids is 2. The van der Waals surface area contributed by atoms with Gasteiger partial charge in [-0.15, -0.1) is 0 Å². The summed E-state index contributed by atoms with van der Waals surface area (Å²) in [7, 11) is 4.15. The minimum absolute atomic E-state index is 0.214. The fraction of sp³-hybridized carbons (Fsp3) is 0.364. The van der Waals surface area contributed by atoms with Gasteiger partial charge in [0.05, 0.1) is 17.7 Å². The predicted molar refractivity (Wildman–Crippen MR) is 105 cm³/mol. The molecule has 2 aromatic rings. The Morgan fingerprint density at radius 2 is 1.67 bits per heavy atom. The van der Waals surface area contributed by atoms with E-state index >= 15 is 0 Å². The Bertz CT molecular complexity index is 797. The highest BCUT2D eigenvalue weighted by Crippen LogP contribution is 2.25. The van der Waals surface area contributed by atoms with Crippen molar-refractivity contribution in [2.24, 2.45) is 0 Å². The van der Waals surface area contributed by atoms with Gasteiger partial charge in [0.25, 0.3) is 11.8 Å². The molecule has 1 aliphatic heterocycles. The first-order valence-electron chi connectivity index (χ1n) is 9.37. The van der Waals surface area contributed by atoms with Gasteiger partial charge in [-0.1, -0.05) is 31.2 Å². The summed E-state index contributed by atoms with van der Waals surface area (Å²) in [4.78, 5) is 28.2. The summed E-state index contributed by atoms with van der Waals surface area (Å²) in [5, 5.41) is 0. The summed E-state index contributed by atoms with van der Waals surface area (Å²) < 4.78 is 5.86. The summed E-state index contributed by atoms with van der Waals surface area (Å²) in [6.45, 7) is 2.98. The van der Waals surface area contributed by atoms with Gasteiger partial charge in [-0.3, -0.25) is 14.5 Å². The van der Waals surface area contributed by atoms with Crippen LogP contribution in [0.1, 0.15) is 52.1 Å². The third-order valence-electron chi connectivity index (χ3n) is 4.93. The Hall–Kier alpha value is -2.66. The zero-order valence-corrected chi connectivity index (χ0v) is 16.1. The molecule has 0 bridgehead atoms. The number of carbonyl (C=O) groups is 2. The maximum absolute atomic E-state index is 12.3. The Kier molecular flexibility index (Phi) is 5.91. The summed E-state index contributed by atoms with van der Waals surface area (Å²) in [5.41, 5.74) is 2.20. The largest absolute Gasteiger partial charge is 0.494 e. The second-order valence-corrected chi connectivity index (χ2v) is 6.97. The van der Waals surface area contributed by atoms with Crippen molar-refractivity contribution < 1.29 is 14.3 Å². The average Bonchev–Trinajstić information content (AvgIpc) is 2.91. The highest BCUT2D eigenvalue weighted by Gasteiger charge is 2.34. The summed E-state index contributed by atoms with van der Waals surface area (Å²) in [6.07, 6.45) is 1.62. The van der Waals surface area contributed by atoms with E-state index in [4.69, 9.17) is 4.74 Å². The monoisotopic (exact) mass is 366 g/mol. The molecule has 1 aliphatic rings. The zero-order chi connectivity index (χ0) is 19.4. The summed E-state index contributed by atoms with van der Waals surface area (Å²) in [6, 6.07) is 15.4. The second kappa shape index (κ2) is 8.35. The SMILES string of the molecule is CCC(c1cccc(OCCCN2C(=O)c3ccccc3C2=O)c1)N(C)C. The molecule has 5 nitrogen and oxygen atoms in total. The average molecular weight is 366 g/mol. The van der Waals surface area contributed by atoms with Crippen molar-refractivity contribution in [3.8, 4) is 5.75 Å². The van der Waals surface area contributed by atoms with Crippen LogP contribution in [0.25, 0.3) is 0 Å². The van der Waals surface area contributed by atoms with Crippen LogP contribution >= 0.6 is 0 Å². The van der Waals surface area contributed by atoms with E-state index in [1.165, 1.54) is 10.5 Å². The molecule has 142 valence electrons. The van der Waals surface area contributed by atoms with Crippen molar-refractivity contribution in [3.05, 3.63) is 65.2 Å². The van der Waals surface area contributed by atoms with Crippen molar-refractivity contribution >= 4 is 11.8 Å². The lowest BCUT2D eigenvalue weighted by atomic mass is 10.0. The van der Waals surface area contributed by atoms with E-state index in [1.807, 2.05) is 12.1 Å². The van der Waals surface area contributed by atoms with Gasteiger partial charge < -0.3 is 9.64 Å². The summed E-state index contributed by atoms with van der Waals surface area (Å²) >= 11 is 0. The molecular weight excluding hydrogens is 340 g/mol. The minimum Gasteiger partial charge on any atom is -0.494 e. The molecule has 0 spiro atoms. The van der Waals surface area contributed by atoms with Crippen LogP contribution in [0.5, 0.6) is 5.75 Å². The number of benzene rings is 2. The van der Waals surface area contributed by atoms with E-state index in [0.29, 0.717) is 36.7 Å². The third-order valence-corrected chi connectivity index (χ3v) is 4.93. The third kappa shape index (κ3) is 4.03. The van der Waals surface area contributed by atoms with Crippen LogP contribution in [0.2, 0.25) is 0 Å². The van der Waals surface area contributed by atoms with Crippen LogP contribution in [0, 0.1) is 0 Å². The first kappa shape index (κ1) is 19.1. The van der Waals surface area contributed by atoms with E-state index in [0.717, 1.165) is 12.2 Å². The lowest BCUT2D eigenvalue weighted by Gasteiger charge is -2.23. The molecule has 3 rings (SSSR count). The van der Waals surface area contributed by atoms with Crippen molar-refractivity contribution in [2.75, 3.05) is 27.2 Å². The van der Waals surface area contributed by atoms with Crippen LogP contribution in [-0.2, 0) is 0 Å². The van der Waals surface area contributed by atoms with E-state index in [2.05, 4.69) is 38.1 Å². The van der Waals surface area contributed by atoms with Crippen LogP contribution in [-0.4, -0.2) is 48.9 Å². The molecule has 27 heavy (non-hydrogen) atoms. The first-order chi connectivity index (χ1) is 13.0. The topological polar surface area (TPSA) is 49.9 Å². The van der Waals surface area contributed by atoms with E-state index in [9.17, 15) is 9.59 Å². The number of ether oxygens (including phenoxy) is 1. The van der Waals surface area contributed by atoms with Crippen LogP contribution in [0.4, 0.5) is 0 Å². The van der Waals surface area contributed by atoms with Crippen LogP contribution < -0.4 is 4.74 Å². The molecular formula is C22H26N2O3. The smallest absolute Gasteiger partial charge is 0.261 e. The molecule has 0 N–H and O–H groups in total. The van der Waals surface area contributed by atoms with Crippen LogP contribution in [0.3, 0.4) is 0 Å². The molecule has 0 aromatic heterocycles. The number of fused-ring (bicyclic) bond motifs is 1. The first-order valence-corrected chi connectivity index (χ1v) is 9.37. The summed E-state index contributed by atoms with van der Waals surface area (Å²) in [5.74, 6) is 0.388. The number of rotatable bonds is 8. The second-order valence-electron chi connectivity index (χ2n) is 6.97. The molecule has 0 aliphatic carbocycles. The van der Waals surface area contributed by atoms with Gasteiger partial charge >= 0.3 is 0 Å². The molecule has 2 aromatic carbocycles. The van der Waals surface area contributed by atoms with Gasteiger partial charge in [-0.25, -0.2) is 0 Å². The Labute approximate surface area is 160 Å². The van der Waals surface area contributed by atoms with Gasteiger partial charge in [-0.2, -0.15) is 0 Å². The van der Waals surface area contributed by atoms with Gasteiger partial charge in [0.1, 0.15) is 5.75 Å². The van der Waals surface area contributed by atoms with Crippen molar-refractivity contribution in [2.45, 2.75) is 25.8 Å². The quantitative estimate of drug-likeness (QED) is 0.527. The fourth-order valence-corrected chi connectivity index (χ4v) is 3.57. The molecule has 0 saturated heterocycles. The number of hydrogen-bond donors (Lipinski definition) is 0. The van der Waals surface area contributed by atoms with Gasteiger partial charge in [0, 0.05) is 12.6 Å². The molecule has 1 unspecified atom stereocenters. The molecule has 1 atom stereocenters. The van der Waals surface area contributed by atoms with E-state index in [1.54, 1.807) is 24.3 Å². The minimum atomic E-state index is -0.214. The molecule has 0 radical (unpaired) electrons. The predicted octanol–water partition coefficient (Wildman–Crippen LogP) is 3.76.